The Morgan fingerprint density at radius 2 is 1.57 bits per heavy atom. The van der Waals surface area contributed by atoms with Gasteiger partial charge in [-0.05, 0) is 6.07 Å². The van der Waals surface area contributed by atoms with Crippen molar-refractivity contribution in [2.75, 3.05) is 28.4 Å². The average molecular weight is 296 g/mol. The van der Waals surface area contributed by atoms with Crippen LogP contribution < -0.4 is 0 Å². The van der Waals surface area contributed by atoms with Gasteiger partial charge >= 0.3 is 11.9 Å². The van der Waals surface area contributed by atoms with Gasteiger partial charge in [0.25, 0.3) is 11.6 Å². The van der Waals surface area contributed by atoms with E-state index in [0.717, 1.165) is 7.11 Å². The minimum absolute atomic E-state index is 0.0433. The number of ketones is 1. The van der Waals surface area contributed by atoms with Crippen LogP contribution in [-0.2, 0) is 34.3 Å². The van der Waals surface area contributed by atoms with E-state index < -0.39 is 23.5 Å². The number of esters is 2. The smallest absolute Gasteiger partial charge is 0.379 e. The zero-order valence-corrected chi connectivity index (χ0v) is 12.2. The van der Waals surface area contributed by atoms with Gasteiger partial charge in [-0.15, -0.1) is 0 Å². The fraction of sp³-hybridized carbons (Fsp3) is 0.357. The number of hydrogen-bond acceptors (Lipinski definition) is 7. The lowest BCUT2D eigenvalue weighted by Gasteiger charge is -2.28. The van der Waals surface area contributed by atoms with E-state index >= 15 is 0 Å². The van der Waals surface area contributed by atoms with E-state index in [-0.39, 0.29) is 11.1 Å². The van der Waals surface area contributed by atoms with Crippen molar-refractivity contribution in [3.05, 3.63) is 35.4 Å². The highest BCUT2D eigenvalue weighted by molar-refractivity contribution is 6.40. The summed E-state index contributed by atoms with van der Waals surface area (Å²) in [6, 6.07) is 5.72. The van der Waals surface area contributed by atoms with E-state index in [9.17, 15) is 14.4 Å². The van der Waals surface area contributed by atoms with E-state index in [4.69, 9.17) is 9.47 Å². The molecule has 0 fully saturated rings. The molecule has 114 valence electrons. The normalized spacial score (nSPS) is 10.9. The minimum Gasteiger partial charge on any atom is -0.465 e. The molecule has 0 N–H and O–H groups in total. The molecule has 0 unspecified atom stereocenters. The predicted molar refractivity (Wildman–Crippen MR) is 70.5 cm³/mol. The number of Topliss-reactive ketones (excluding diaryl/α,β-unsaturated/α-hetero) is 1. The van der Waals surface area contributed by atoms with Gasteiger partial charge in [-0.1, -0.05) is 18.2 Å². The fourth-order valence-corrected chi connectivity index (χ4v) is 1.81. The average Bonchev–Trinajstić information content (AvgIpc) is 2.55. The van der Waals surface area contributed by atoms with Crippen molar-refractivity contribution in [3.8, 4) is 0 Å². The van der Waals surface area contributed by atoms with Crippen LogP contribution in [0.1, 0.15) is 15.9 Å². The Kier molecular flexibility index (Phi) is 5.57. The standard InChI is InChI=1S/C14H16O7/c1-18-12(16)11(15)9-6-5-7-10(8-9)14(20-3,21-4)13(17)19-2/h5-8H,1-4H3. The molecule has 0 heterocycles. The third-order valence-corrected chi connectivity index (χ3v) is 2.90. The number of carbonyl (C=O) groups excluding carboxylic acids is 3. The summed E-state index contributed by atoms with van der Waals surface area (Å²) in [6.45, 7) is 0. The highest BCUT2D eigenvalue weighted by Crippen LogP contribution is 2.28. The Bertz CT molecular complexity index is 546. The molecule has 0 bridgehead atoms. The molecule has 7 nitrogen and oxygen atoms in total. The highest BCUT2D eigenvalue weighted by Gasteiger charge is 2.43. The molecule has 0 aliphatic carbocycles. The second-order valence-corrected chi connectivity index (χ2v) is 3.92. The third-order valence-electron chi connectivity index (χ3n) is 2.90. The summed E-state index contributed by atoms with van der Waals surface area (Å²) in [5.41, 5.74) is 0.260. The van der Waals surface area contributed by atoms with Gasteiger partial charge in [-0.2, -0.15) is 0 Å². The summed E-state index contributed by atoms with van der Waals surface area (Å²) in [5.74, 6) is -4.47. The van der Waals surface area contributed by atoms with E-state index in [0.29, 0.717) is 0 Å². The van der Waals surface area contributed by atoms with E-state index in [2.05, 4.69) is 9.47 Å². The molecule has 0 aliphatic rings. The zero-order valence-electron chi connectivity index (χ0n) is 12.2. The fourth-order valence-electron chi connectivity index (χ4n) is 1.81. The lowest BCUT2D eigenvalue weighted by molar-refractivity contribution is -0.233. The molecule has 7 heteroatoms. The summed E-state index contributed by atoms with van der Waals surface area (Å²) in [7, 11) is 4.80. The van der Waals surface area contributed by atoms with Crippen molar-refractivity contribution in [1.29, 1.82) is 0 Å². The summed E-state index contributed by atoms with van der Waals surface area (Å²) in [5, 5.41) is 0. The molecule has 0 radical (unpaired) electrons. The third kappa shape index (κ3) is 3.09. The molecule has 0 saturated heterocycles. The molecule has 0 spiro atoms. The monoisotopic (exact) mass is 296 g/mol. The van der Waals surface area contributed by atoms with Crippen LogP contribution in [0.4, 0.5) is 0 Å². The lowest BCUT2D eigenvalue weighted by atomic mass is 10.0. The molecule has 21 heavy (non-hydrogen) atoms. The van der Waals surface area contributed by atoms with Gasteiger partial charge in [0.15, 0.2) is 0 Å². The topological polar surface area (TPSA) is 88.1 Å². The van der Waals surface area contributed by atoms with Crippen LogP contribution in [0, 0.1) is 0 Å². The predicted octanol–water partition coefficient (Wildman–Crippen LogP) is 0.661. The summed E-state index contributed by atoms with van der Waals surface area (Å²) < 4.78 is 19.3. The lowest BCUT2D eigenvalue weighted by Crippen LogP contribution is -2.41. The van der Waals surface area contributed by atoms with Crippen LogP contribution in [0.3, 0.4) is 0 Å². The Balaban J connectivity index is 3.33. The van der Waals surface area contributed by atoms with Gasteiger partial charge in [-0.3, -0.25) is 4.79 Å². The SMILES string of the molecule is COC(=O)C(=O)c1cccc(C(OC)(OC)C(=O)OC)c1. The van der Waals surface area contributed by atoms with Crippen LogP contribution in [0.25, 0.3) is 0 Å². The van der Waals surface area contributed by atoms with Crippen LogP contribution in [0.15, 0.2) is 24.3 Å². The molecule has 0 amide bonds. The maximum absolute atomic E-state index is 11.9. The second-order valence-electron chi connectivity index (χ2n) is 3.92. The van der Waals surface area contributed by atoms with E-state index in [1.807, 2.05) is 0 Å². The van der Waals surface area contributed by atoms with E-state index in [1.54, 1.807) is 0 Å². The molecule has 0 saturated carbocycles. The second kappa shape index (κ2) is 6.96. The maximum atomic E-state index is 11.9. The van der Waals surface area contributed by atoms with Crippen molar-refractivity contribution in [2.45, 2.75) is 5.79 Å². The molecule has 0 aliphatic heterocycles. The van der Waals surface area contributed by atoms with Crippen molar-refractivity contribution in [2.24, 2.45) is 0 Å². The first-order valence-electron chi connectivity index (χ1n) is 5.88. The maximum Gasteiger partial charge on any atom is 0.379 e. The number of benzene rings is 1. The van der Waals surface area contributed by atoms with Crippen molar-refractivity contribution in [3.63, 3.8) is 0 Å². The zero-order chi connectivity index (χ0) is 16.0. The van der Waals surface area contributed by atoms with Gasteiger partial charge in [0, 0.05) is 25.3 Å². The molecule has 1 aromatic carbocycles. The summed E-state index contributed by atoms with van der Waals surface area (Å²) >= 11 is 0. The van der Waals surface area contributed by atoms with Gasteiger partial charge < -0.3 is 18.9 Å². The Hall–Kier alpha value is -2.25. The molecular weight excluding hydrogens is 280 g/mol. The van der Waals surface area contributed by atoms with Crippen LogP contribution in [0.2, 0.25) is 0 Å². The number of hydrogen-bond donors (Lipinski definition) is 0. The molecule has 0 atom stereocenters. The Morgan fingerprint density at radius 3 is 2.05 bits per heavy atom. The van der Waals surface area contributed by atoms with Crippen molar-refractivity contribution in [1.82, 2.24) is 0 Å². The largest absolute Gasteiger partial charge is 0.465 e. The molecule has 1 aromatic rings. The Labute approximate surface area is 121 Å². The van der Waals surface area contributed by atoms with Crippen LogP contribution in [0.5, 0.6) is 0 Å². The van der Waals surface area contributed by atoms with E-state index in [1.165, 1.54) is 45.6 Å². The molecule has 0 aromatic heterocycles. The molecule has 1 rings (SSSR count). The number of carbonyl (C=O) groups is 3. The van der Waals surface area contributed by atoms with Crippen molar-refractivity contribution >= 4 is 17.7 Å². The van der Waals surface area contributed by atoms with Gasteiger partial charge in [0.05, 0.1) is 14.2 Å². The number of methoxy groups -OCH3 is 4. The summed E-state index contributed by atoms with van der Waals surface area (Å²) in [6.07, 6.45) is 0. The first-order chi connectivity index (χ1) is 9.96. The quantitative estimate of drug-likeness (QED) is 0.330. The Morgan fingerprint density at radius 1 is 0.952 bits per heavy atom. The minimum atomic E-state index is -1.82. The van der Waals surface area contributed by atoms with Crippen LogP contribution >= 0.6 is 0 Å². The van der Waals surface area contributed by atoms with Gasteiger partial charge in [-0.25, -0.2) is 9.59 Å². The van der Waals surface area contributed by atoms with Crippen molar-refractivity contribution < 1.29 is 33.3 Å². The number of rotatable bonds is 6. The van der Waals surface area contributed by atoms with Gasteiger partial charge in [0.2, 0.25) is 0 Å². The van der Waals surface area contributed by atoms with Gasteiger partial charge in [0.1, 0.15) is 0 Å². The highest BCUT2D eigenvalue weighted by atomic mass is 16.7. The number of ether oxygens (including phenoxy) is 4. The first kappa shape index (κ1) is 16.8. The molecular formula is C14H16O7. The summed E-state index contributed by atoms with van der Waals surface area (Å²) in [4.78, 5) is 35.0. The van der Waals surface area contributed by atoms with Crippen LogP contribution in [-0.4, -0.2) is 46.2 Å². The first-order valence-corrected chi connectivity index (χ1v) is 5.88.